The Kier molecular flexibility index (Phi) is 4.49. The van der Waals surface area contributed by atoms with Gasteiger partial charge in [-0.1, -0.05) is 13.8 Å². The predicted molar refractivity (Wildman–Crippen MR) is 96.4 cm³/mol. The van der Waals surface area contributed by atoms with Crippen LogP contribution in [0.15, 0.2) is 34.7 Å². The molecule has 3 rings (SSSR count). The first kappa shape index (κ1) is 17.0. The molecule has 0 bridgehead atoms. The molecule has 1 aromatic heterocycles. The first-order valence-corrected chi connectivity index (χ1v) is 8.25. The Balaban J connectivity index is 2.13. The number of fused-ring (bicyclic) bond motifs is 1. The van der Waals surface area contributed by atoms with Crippen molar-refractivity contribution in [3.05, 3.63) is 35.9 Å². The first-order valence-electron chi connectivity index (χ1n) is 8.25. The molecule has 0 aliphatic heterocycles. The number of furan rings is 1. The molecule has 132 valence electrons. The highest BCUT2D eigenvalue weighted by molar-refractivity contribution is 5.91. The maximum Gasteiger partial charge on any atom is 0.142 e. The van der Waals surface area contributed by atoms with Crippen molar-refractivity contribution in [3.8, 4) is 34.3 Å². The van der Waals surface area contributed by atoms with Crippen molar-refractivity contribution in [1.29, 1.82) is 0 Å². The molecule has 0 fully saturated rings. The molecule has 0 spiro atoms. The average molecular weight is 342 g/mol. The molecule has 0 aliphatic rings. The van der Waals surface area contributed by atoms with Crippen molar-refractivity contribution in [2.24, 2.45) is 5.92 Å². The minimum absolute atomic E-state index is 0.0245. The fourth-order valence-corrected chi connectivity index (χ4v) is 2.95. The molecule has 1 heterocycles. The zero-order valence-corrected chi connectivity index (χ0v) is 14.5. The molecular weight excluding hydrogens is 320 g/mol. The minimum Gasteiger partial charge on any atom is -0.508 e. The summed E-state index contributed by atoms with van der Waals surface area (Å²) in [6.45, 7) is 4.26. The fraction of sp³-hybridized carbons (Fsp3) is 0.300. The highest BCUT2D eigenvalue weighted by Gasteiger charge is 2.19. The van der Waals surface area contributed by atoms with E-state index in [0.29, 0.717) is 35.0 Å². The van der Waals surface area contributed by atoms with Gasteiger partial charge in [0.25, 0.3) is 0 Å². The Bertz CT molecular complexity index is 908. The van der Waals surface area contributed by atoms with Crippen molar-refractivity contribution in [3.63, 3.8) is 0 Å². The molecule has 0 saturated carbocycles. The Hall–Kier alpha value is -2.82. The van der Waals surface area contributed by atoms with Crippen molar-refractivity contribution < 1.29 is 24.5 Å². The van der Waals surface area contributed by atoms with E-state index in [2.05, 4.69) is 13.8 Å². The Morgan fingerprint density at radius 1 is 1.04 bits per heavy atom. The van der Waals surface area contributed by atoms with Crippen molar-refractivity contribution in [2.75, 3.05) is 7.11 Å². The summed E-state index contributed by atoms with van der Waals surface area (Å²) in [6.07, 6.45) is 1.63. The third-order valence-corrected chi connectivity index (χ3v) is 4.28. The van der Waals surface area contributed by atoms with Gasteiger partial charge in [0.2, 0.25) is 0 Å². The number of aromatic hydroxyl groups is 3. The zero-order valence-electron chi connectivity index (χ0n) is 14.5. The molecule has 3 aromatic rings. The van der Waals surface area contributed by atoms with E-state index in [0.717, 1.165) is 17.4 Å². The molecule has 25 heavy (non-hydrogen) atoms. The smallest absolute Gasteiger partial charge is 0.142 e. The maximum absolute atomic E-state index is 10.4. The number of phenols is 3. The van der Waals surface area contributed by atoms with E-state index in [1.165, 1.54) is 12.1 Å². The molecule has 0 unspecified atom stereocenters. The first-order chi connectivity index (χ1) is 11.9. The van der Waals surface area contributed by atoms with Crippen LogP contribution in [0.3, 0.4) is 0 Å². The molecule has 0 atom stereocenters. The summed E-state index contributed by atoms with van der Waals surface area (Å²) in [6, 6.07) is 7.66. The van der Waals surface area contributed by atoms with Gasteiger partial charge in [0.05, 0.1) is 18.1 Å². The van der Waals surface area contributed by atoms with Crippen LogP contribution in [0.25, 0.3) is 22.3 Å². The van der Waals surface area contributed by atoms with E-state index in [9.17, 15) is 15.3 Å². The lowest BCUT2D eigenvalue weighted by atomic mass is 9.99. The summed E-state index contributed by atoms with van der Waals surface area (Å²) in [7, 11) is 1.57. The van der Waals surface area contributed by atoms with Crippen molar-refractivity contribution >= 4 is 11.0 Å². The number of phenolic OH excluding ortho intramolecular Hbond substituents is 3. The molecule has 0 amide bonds. The monoisotopic (exact) mass is 342 g/mol. The zero-order chi connectivity index (χ0) is 18.1. The van der Waals surface area contributed by atoms with Gasteiger partial charge in [-0.05, 0) is 37.0 Å². The Labute approximate surface area is 146 Å². The third kappa shape index (κ3) is 3.22. The van der Waals surface area contributed by atoms with E-state index < -0.39 is 0 Å². The van der Waals surface area contributed by atoms with Gasteiger partial charge < -0.3 is 24.5 Å². The summed E-state index contributed by atoms with van der Waals surface area (Å²) < 4.78 is 11.3. The van der Waals surface area contributed by atoms with Crippen LogP contribution in [0.5, 0.6) is 23.0 Å². The van der Waals surface area contributed by atoms with E-state index in [4.69, 9.17) is 9.15 Å². The summed E-state index contributed by atoms with van der Waals surface area (Å²) in [5.41, 5.74) is 1.69. The van der Waals surface area contributed by atoms with Crippen LogP contribution in [0.2, 0.25) is 0 Å². The number of rotatable bonds is 5. The van der Waals surface area contributed by atoms with E-state index in [-0.39, 0.29) is 17.2 Å². The standard InChI is InChI=1S/C20H22O5/c1-11(2)4-6-14-17(23)10-19-15(20(14)24-3)9-18(25-19)13-7-5-12(21)8-16(13)22/h5,7-11,21-23H,4,6H2,1-3H3. The third-order valence-electron chi connectivity index (χ3n) is 4.28. The molecular formula is C20H22O5. The van der Waals surface area contributed by atoms with Crippen LogP contribution >= 0.6 is 0 Å². The second kappa shape index (κ2) is 6.59. The summed E-state index contributed by atoms with van der Waals surface area (Å²) in [5.74, 6) is 1.57. The van der Waals surface area contributed by atoms with Gasteiger partial charge >= 0.3 is 0 Å². The molecule has 3 N–H and O–H groups in total. The van der Waals surface area contributed by atoms with Crippen LogP contribution in [0.4, 0.5) is 0 Å². The van der Waals surface area contributed by atoms with Gasteiger partial charge in [-0.2, -0.15) is 0 Å². The molecule has 0 saturated heterocycles. The van der Waals surface area contributed by atoms with Crippen LogP contribution in [-0.4, -0.2) is 22.4 Å². The second-order valence-electron chi connectivity index (χ2n) is 6.56. The van der Waals surface area contributed by atoms with Gasteiger partial charge in [0.1, 0.15) is 34.3 Å². The van der Waals surface area contributed by atoms with Crippen LogP contribution < -0.4 is 4.74 Å². The van der Waals surface area contributed by atoms with Crippen LogP contribution in [0, 0.1) is 5.92 Å². The molecule has 0 aliphatic carbocycles. The largest absolute Gasteiger partial charge is 0.508 e. The fourth-order valence-electron chi connectivity index (χ4n) is 2.95. The van der Waals surface area contributed by atoms with Gasteiger partial charge in [-0.15, -0.1) is 0 Å². The van der Waals surface area contributed by atoms with Gasteiger partial charge in [0, 0.05) is 17.7 Å². The van der Waals surface area contributed by atoms with E-state index in [1.807, 2.05) is 0 Å². The van der Waals surface area contributed by atoms with Crippen LogP contribution in [-0.2, 0) is 6.42 Å². The number of benzene rings is 2. The van der Waals surface area contributed by atoms with E-state index >= 15 is 0 Å². The summed E-state index contributed by atoms with van der Waals surface area (Å²) >= 11 is 0. The van der Waals surface area contributed by atoms with E-state index in [1.54, 1.807) is 25.3 Å². The van der Waals surface area contributed by atoms with Gasteiger partial charge in [-0.3, -0.25) is 0 Å². The molecule has 0 radical (unpaired) electrons. The maximum atomic E-state index is 10.4. The SMILES string of the molecule is COc1c(CCC(C)C)c(O)cc2oc(-c3ccc(O)cc3O)cc12. The topological polar surface area (TPSA) is 83.1 Å². The second-order valence-corrected chi connectivity index (χ2v) is 6.56. The van der Waals surface area contributed by atoms with Crippen molar-refractivity contribution in [2.45, 2.75) is 26.7 Å². The van der Waals surface area contributed by atoms with Crippen molar-refractivity contribution in [1.82, 2.24) is 0 Å². The Morgan fingerprint density at radius 3 is 2.44 bits per heavy atom. The minimum atomic E-state index is -0.0812. The lowest BCUT2D eigenvalue weighted by Crippen LogP contribution is -1.97. The highest BCUT2D eigenvalue weighted by Crippen LogP contribution is 2.42. The highest BCUT2D eigenvalue weighted by atomic mass is 16.5. The number of hydrogen-bond donors (Lipinski definition) is 3. The number of hydrogen-bond acceptors (Lipinski definition) is 5. The van der Waals surface area contributed by atoms with Gasteiger partial charge in [-0.25, -0.2) is 0 Å². The van der Waals surface area contributed by atoms with Crippen LogP contribution in [0.1, 0.15) is 25.8 Å². The Morgan fingerprint density at radius 2 is 1.80 bits per heavy atom. The number of methoxy groups -OCH3 is 1. The lowest BCUT2D eigenvalue weighted by molar-refractivity contribution is 0.401. The molecule has 5 heteroatoms. The quantitative estimate of drug-likeness (QED) is 0.619. The number of ether oxygens (including phenoxy) is 1. The lowest BCUT2D eigenvalue weighted by Gasteiger charge is -2.12. The van der Waals surface area contributed by atoms with Gasteiger partial charge in [0.15, 0.2) is 0 Å². The molecule has 5 nitrogen and oxygen atoms in total. The predicted octanol–water partition coefficient (Wildman–Crippen LogP) is 4.81. The molecule has 2 aromatic carbocycles. The summed E-state index contributed by atoms with van der Waals surface area (Å²) in [4.78, 5) is 0. The average Bonchev–Trinajstić information content (AvgIpc) is 2.95. The summed E-state index contributed by atoms with van der Waals surface area (Å²) in [5, 5.41) is 30.6. The normalized spacial score (nSPS) is 11.4.